The van der Waals surface area contributed by atoms with Crippen LogP contribution in [0.15, 0.2) is 42.5 Å². The molecule has 2 amide bonds. The van der Waals surface area contributed by atoms with Gasteiger partial charge in [0.05, 0.1) is 11.4 Å². The van der Waals surface area contributed by atoms with Crippen LogP contribution in [0.25, 0.3) is 0 Å². The van der Waals surface area contributed by atoms with E-state index in [1.807, 2.05) is 36.1 Å². The Kier molecular flexibility index (Phi) is 7.90. The van der Waals surface area contributed by atoms with E-state index in [1.54, 1.807) is 18.2 Å². The maximum absolute atomic E-state index is 12.5. The molecule has 0 bridgehead atoms. The molecule has 158 valence electrons. The Morgan fingerprint density at radius 2 is 1.87 bits per heavy atom. The zero-order valence-corrected chi connectivity index (χ0v) is 20.2. The van der Waals surface area contributed by atoms with E-state index in [0.717, 1.165) is 9.26 Å². The fraction of sp³-hybridized carbons (Fsp3) is 0.286. The standard InChI is InChI=1S/C21H22ClIN4O2S/c1-2-19(28)27-10-8-26(9-11-27)18-7-6-15(22)13-17(18)24-21(30)25-20(29)14-4-3-5-16(23)12-14/h3-7,12-13H,2,8-11H2,1H3,(H2,24,25,29,30). The summed E-state index contributed by atoms with van der Waals surface area (Å²) >= 11 is 13.7. The third kappa shape index (κ3) is 5.83. The van der Waals surface area contributed by atoms with E-state index in [1.165, 1.54) is 0 Å². The Hall–Kier alpha value is -1.91. The molecule has 0 atom stereocenters. The van der Waals surface area contributed by atoms with Crippen molar-refractivity contribution in [2.45, 2.75) is 13.3 Å². The molecule has 0 aromatic heterocycles. The molecule has 1 aliphatic heterocycles. The van der Waals surface area contributed by atoms with E-state index in [2.05, 4.69) is 38.1 Å². The lowest BCUT2D eigenvalue weighted by Crippen LogP contribution is -2.48. The van der Waals surface area contributed by atoms with Crippen molar-refractivity contribution in [1.82, 2.24) is 10.2 Å². The highest BCUT2D eigenvalue weighted by atomic mass is 127. The maximum atomic E-state index is 12.5. The quantitative estimate of drug-likeness (QED) is 0.438. The zero-order valence-electron chi connectivity index (χ0n) is 16.5. The number of nitrogens with zero attached hydrogens (tertiary/aromatic N) is 2. The summed E-state index contributed by atoms with van der Waals surface area (Å²) in [7, 11) is 0. The van der Waals surface area contributed by atoms with Gasteiger partial charge in [0.15, 0.2) is 5.11 Å². The van der Waals surface area contributed by atoms with Crippen molar-refractivity contribution in [2.24, 2.45) is 0 Å². The lowest BCUT2D eigenvalue weighted by Gasteiger charge is -2.37. The van der Waals surface area contributed by atoms with Crippen LogP contribution in [-0.4, -0.2) is 48.0 Å². The first-order valence-electron chi connectivity index (χ1n) is 9.57. The molecule has 1 fully saturated rings. The molecule has 9 heteroatoms. The number of piperazine rings is 1. The highest BCUT2D eigenvalue weighted by molar-refractivity contribution is 14.1. The summed E-state index contributed by atoms with van der Waals surface area (Å²) in [6.45, 7) is 4.64. The van der Waals surface area contributed by atoms with Crippen LogP contribution < -0.4 is 15.5 Å². The molecule has 2 aromatic rings. The summed E-state index contributed by atoms with van der Waals surface area (Å²) in [5.74, 6) is -0.107. The van der Waals surface area contributed by atoms with Crippen molar-refractivity contribution in [2.75, 3.05) is 36.4 Å². The smallest absolute Gasteiger partial charge is 0.257 e. The fourth-order valence-electron chi connectivity index (χ4n) is 3.26. The number of thiocarbonyl (C=S) groups is 1. The van der Waals surface area contributed by atoms with E-state index >= 15 is 0 Å². The van der Waals surface area contributed by atoms with Crippen LogP contribution >= 0.6 is 46.4 Å². The molecule has 0 spiro atoms. The minimum Gasteiger partial charge on any atom is -0.366 e. The Bertz CT molecular complexity index is 964. The highest BCUT2D eigenvalue weighted by Gasteiger charge is 2.22. The Balaban J connectivity index is 1.69. The Morgan fingerprint density at radius 3 is 2.53 bits per heavy atom. The van der Waals surface area contributed by atoms with Crippen LogP contribution in [-0.2, 0) is 4.79 Å². The number of benzene rings is 2. The van der Waals surface area contributed by atoms with Gasteiger partial charge in [-0.1, -0.05) is 24.6 Å². The van der Waals surface area contributed by atoms with Gasteiger partial charge in [-0.15, -0.1) is 0 Å². The summed E-state index contributed by atoms with van der Waals surface area (Å²) in [5.41, 5.74) is 2.17. The molecule has 2 N–H and O–H groups in total. The number of anilines is 2. The van der Waals surface area contributed by atoms with Gasteiger partial charge in [0.1, 0.15) is 0 Å². The fourth-order valence-corrected chi connectivity index (χ4v) is 4.18. The van der Waals surface area contributed by atoms with E-state index in [-0.39, 0.29) is 16.9 Å². The van der Waals surface area contributed by atoms with Gasteiger partial charge in [-0.25, -0.2) is 0 Å². The van der Waals surface area contributed by atoms with E-state index in [9.17, 15) is 9.59 Å². The van der Waals surface area contributed by atoms with Crippen LogP contribution in [0.1, 0.15) is 23.7 Å². The van der Waals surface area contributed by atoms with Gasteiger partial charge in [-0.2, -0.15) is 0 Å². The number of amides is 2. The van der Waals surface area contributed by atoms with Crippen molar-refractivity contribution in [1.29, 1.82) is 0 Å². The molecule has 1 heterocycles. The molecule has 0 saturated carbocycles. The molecule has 0 unspecified atom stereocenters. The number of carbonyl (C=O) groups is 2. The average molecular weight is 557 g/mol. The van der Waals surface area contributed by atoms with Crippen molar-refractivity contribution in [3.8, 4) is 0 Å². The minimum atomic E-state index is -0.277. The topological polar surface area (TPSA) is 64.7 Å². The van der Waals surface area contributed by atoms with E-state index in [4.69, 9.17) is 23.8 Å². The van der Waals surface area contributed by atoms with Gasteiger partial charge >= 0.3 is 0 Å². The predicted molar refractivity (Wildman–Crippen MR) is 133 cm³/mol. The molecule has 1 aliphatic rings. The number of carbonyl (C=O) groups excluding carboxylic acids is 2. The molecular formula is C21H22ClIN4O2S. The average Bonchev–Trinajstić information content (AvgIpc) is 2.73. The molecule has 2 aromatic carbocycles. The van der Waals surface area contributed by atoms with Crippen molar-refractivity contribution in [3.63, 3.8) is 0 Å². The Labute approximate surface area is 200 Å². The number of hydrogen-bond acceptors (Lipinski definition) is 4. The third-order valence-corrected chi connectivity index (χ3v) is 5.91. The normalized spacial score (nSPS) is 13.7. The second kappa shape index (κ2) is 10.4. The molecule has 3 rings (SSSR count). The third-order valence-electron chi connectivity index (χ3n) is 4.80. The molecular weight excluding hydrogens is 535 g/mol. The van der Waals surface area contributed by atoms with E-state index < -0.39 is 0 Å². The first-order chi connectivity index (χ1) is 14.4. The molecule has 6 nitrogen and oxygen atoms in total. The predicted octanol–water partition coefficient (Wildman–Crippen LogP) is 4.13. The van der Waals surface area contributed by atoms with Gasteiger partial charge in [-0.05, 0) is 71.2 Å². The second-order valence-corrected chi connectivity index (χ2v) is 8.89. The molecule has 30 heavy (non-hydrogen) atoms. The van der Waals surface area contributed by atoms with Crippen molar-refractivity contribution >= 4 is 74.7 Å². The summed E-state index contributed by atoms with van der Waals surface area (Å²) < 4.78 is 0.969. The largest absolute Gasteiger partial charge is 0.366 e. The number of nitrogens with one attached hydrogen (secondary N) is 2. The zero-order chi connectivity index (χ0) is 21.7. The number of hydrogen-bond donors (Lipinski definition) is 2. The molecule has 0 radical (unpaired) electrons. The number of rotatable bonds is 4. The first kappa shape index (κ1) is 22.8. The summed E-state index contributed by atoms with van der Waals surface area (Å²) in [6, 6.07) is 12.8. The summed E-state index contributed by atoms with van der Waals surface area (Å²) in [5, 5.41) is 6.57. The van der Waals surface area contributed by atoms with Gasteiger partial charge in [-0.3, -0.25) is 14.9 Å². The van der Waals surface area contributed by atoms with Gasteiger partial charge in [0, 0.05) is 46.8 Å². The first-order valence-corrected chi connectivity index (χ1v) is 11.4. The monoisotopic (exact) mass is 556 g/mol. The number of halogens is 2. The van der Waals surface area contributed by atoms with Crippen LogP contribution in [0, 0.1) is 3.57 Å². The lowest BCUT2D eigenvalue weighted by molar-refractivity contribution is -0.131. The van der Waals surface area contributed by atoms with Gasteiger partial charge in [0.25, 0.3) is 5.91 Å². The van der Waals surface area contributed by atoms with Crippen molar-refractivity contribution < 1.29 is 9.59 Å². The maximum Gasteiger partial charge on any atom is 0.257 e. The second-order valence-electron chi connectivity index (χ2n) is 6.80. The van der Waals surface area contributed by atoms with Gasteiger partial charge in [0.2, 0.25) is 5.91 Å². The minimum absolute atomic E-state index is 0.170. The van der Waals surface area contributed by atoms with Crippen LogP contribution in [0.4, 0.5) is 11.4 Å². The highest BCUT2D eigenvalue weighted by Crippen LogP contribution is 2.30. The van der Waals surface area contributed by atoms with Gasteiger partial charge < -0.3 is 15.1 Å². The van der Waals surface area contributed by atoms with Crippen molar-refractivity contribution in [3.05, 3.63) is 56.6 Å². The van der Waals surface area contributed by atoms with E-state index in [0.29, 0.717) is 48.9 Å². The Morgan fingerprint density at radius 1 is 1.13 bits per heavy atom. The summed E-state index contributed by atoms with van der Waals surface area (Å²) in [4.78, 5) is 28.5. The molecule has 0 aliphatic carbocycles. The van der Waals surface area contributed by atoms with Crippen LogP contribution in [0.5, 0.6) is 0 Å². The lowest BCUT2D eigenvalue weighted by atomic mass is 10.2. The van der Waals surface area contributed by atoms with Crippen LogP contribution in [0.3, 0.4) is 0 Å². The van der Waals surface area contributed by atoms with Crippen LogP contribution in [0.2, 0.25) is 5.02 Å². The molecule has 1 saturated heterocycles. The SMILES string of the molecule is CCC(=O)N1CCN(c2ccc(Cl)cc2NC(=S)NC(=O)c2cccc(I)c2)CC1. The summed E-state index contributed by atoms with van der Waals surface area (Å²) in [6.07, 6.45) is 0.516.